The first kappa shape index (κ1) is 26.4. The summed E-state index contributed by atoms with van der Waals surface area (Å²) in [5, 5.41) is 14.2. The predicted octanol–water partition coefficient (Wildman–Crippen LogP) is 5.81. The van der Waals surface area contributed by atoms with Gasteiger partial charge in [-0.3, -0.25) is 4.98 Å². The molecule has 5 heterocycles. The molecule has 4 aromatic rings. The van der Waals surface area contributed by atoms with E-state index in [1.165, 1.54) is 18.2 Å². The first-order chi connectivity index (χ1) is 20.2. The Labute approximate surface area is 237 Å². The van der Waals surface area contributed by atoms with Crippen LogP contribution < -0.4 is 9.64 Å². The zero-order chi connectivity index (χ0) is 29.0. The Morgan fingerprint density at radius 3 is 2.64 bits per heavy atom. The fourth-order valence-electron chi connectivity index (χ4n) is 5.25. The topological polar surface area (TPSA) is 111 Å². The van der Waals surface area contributed by atoms with E-state index in [1.807, 2.05) is 24.3 Å². The number of rotatable bonds is 8. The molecule has 2 aliphatic heterocycles. The minimum absolute atomic E-state index is 0.0908. The van der Waals surface area contributed by atoms with E-state index in [1.54, 1.807) is 6.07 Å². The van der Waals surface area contributed by atoms with Gasteiger partial charge in [-0.25, -0.2) is 9.78 Å². The number of pyridine rings is 2. The molecule has 0 spiro atoms. The molecule has 1 saturated carbocycles. The fourth-order valence-corrected chi connectivity index (χ4v) is 5.25. The van der Waals surface area contributed by atoms with E-state index >= 15 is 0 Å². The van der Waals surface area contributed by atoms with Gasteiger partial charge in [0.25, 0.3) is 0 Å². The SMILES string of the molecule is O=C(O)c1cc(OC2COC2)c2cc(N3CC(/C=C/c4c(-c5cccnc5C(F)(F)F)noc4C4CC4)C3)ccc2n1. The second-order valence-corrected chi connectivity index (χ2v) is 10.8. The maximum atomic E-state index is 13.7. The largest absolute Gasteiger partial charge is 0.485 e. The number of hydrogen-bond acceptors (Lipinski definition) is 8. The van der Waals surface area contributed by atoms with Gasteiger partial charge in [0.1, 0.15) is 23.3 Å². The van der Waals surface area contributed by atoms with Gasteiger partial charge in [0.05, 0.1) is 18.7 Å². The summed E-state index contributed by atoms with van der Waals surface area (Å²) >= 11 is 0. The molecular formula is C30H25F3N4O5. The molecule has 1 aromatic carbocycles. The average Bonchev–Trinajstić information content (AvgIpc) is 3.68. The highest BCUT2D eigenvalue weighted by molar-refractivity contribution is 5.94. The number of carbonyl (C=O) groups is 1. The number of aromatic carboxylic acids is 1. The molecule has 3 fully saturated rings. The molecule has 0 radical (unpaired) electrons. The van der Waals surface area contributed by atoms with Crippen molar-refractivity contribution in [3.05, 3.63) is 71.4 Å². The summed E-state index contributed by atoms with van der Waals surface area (Å²) in [6.45, 7) is 2.27. The highest BCUT2D eigenvalue weighted by atomic mass is 19.4. The predicted molar refractivity (Wildman–Crippen MR) is 145 cm³/mol. The normalized spacial score (nSPS) is 17.9. The molecule has 2 saturated heterocycles. The number of alkyl halides is 3. The third kappa shape index (κ3) is 4.95. The lowest BCUT2D eigenvalue weighted by molar-refractivity contribution is -0.140. The quantitative estimate of drug-likeness (QED) is 0.277. The summed E-state index contributed by atoms with van der Waals surface area (Å²) in [6.07, 6.45) is 2.02. The van der Waals surface area contributed by atoms with Gasteiger partial charge in [-0.15, -0.1) is 0 Å². The molecule has 216 valence electrons. The van der Waals surface area contributed by atoms with Crippen LogP contribution in [0, 0.1) is 5.92 Å². The van der Waals surface area contributed by atoms with E-state index in [-0.39, 0.29) is 34.9 Å². The zero-order valence-corrected chi connectivity index (χ0v) is 22.2. The summed E-state index contributed by atoms with van der Waals surface area (Å²) in [6, 6.07) is 9.88. The Hall–Kier alpha value is -4.45. The molecule has 9 nitrogen and oxygen atoms in total. The van der Waals surface area contributed by atoms with E-state index in [2.05, 4.69) is 20.0 Å². The van der Waals surface area contributed by atoms with Crippen LogP contribution in [0.2, 0.25) is 0 Å². The second kappa shape index (κ2) is 10.1. The number of ether oxygens (including phenoxy) is 2. The van der Waals surface area contributed by atoms with Crippen molar-refractivity contribution in [2.24, 2.45) is 5.92 Å². The van der Waals surface area contributed by atoms with Crippen molar-refractivity contribution in [2.45, 2.75) is 31.0 Å². The molecule has 0 unspecified atom stereocenters. The number of nitrogens with zero attached hydrogens (tertiary/aromatic N) is 4. The molecule has 1 aliphatic carbocycles. The van der Waals surface area contributed by atoms with Crippen LogP contribution in [0.1, 0.15) is 46.3 Å². The van der Waals surface area contributed by atoms with Gasteiger partial charge < -0.3 is 24.0 Å². The number of benzene rings is 1. The Kier molecular flexibility index (Phi) is 6.37. The molecule has 3 aromatic heterocycles. The smallest absolute Gasteiger partial charge is 0.434 e. The van der Waals surface area contributed by atoms with Crippen LogP contribution in [0.5, 0.6) is 5.75 Å². The minimum Gasteiger partial charge on any atom is -0.485 e. The van der Waals surface area contributed by atoms with Crippen LogP contribution in [-0.4, -0.2) is 58.6 Å². The molecular weight excluding hydrogens is 553 g/mol. The van der Waals surface area contributed by atoms with Crippen LogP contribution >= 0.6 is 0 Å². The number of fused-ring (bicyclic) bond motifs is 1. The standard InChI is InChI=1S/C30H25F3N4O5/c31-30(32,33)28-21(2-1-9-34-28)26-20(27(42-36-26)17-4-5-17)7-3-16-12-37(13-16)18-6-8-23-22(10-18)25(41-19-14-40-15-19)11-24(35-23)29(38)39/h1-3,6-11,16-17,19H,4-5,12-15H2,(H,38,39)/b7-3+. The average molecular weight is 579 g/mol. The second-order valence-electron chi connectivity index (χ2n) is 10.8. The lowest BCUT2D eigenvalue weighted by Gasteiger charge is -2.40. The number of carboxylic acids is 1. The molecule has 42 heavy (non-hydrogen) atoms. The van der Waals surface area contributed by atoms with Crippen molar-refractivity contribution in [1.29, 1.82) is 0 Å². The fraction of sp³-hybridized carbons (Fsp3) is 0.333. The molecule has 0 bridgehead atoms. The van der Waals surface area contributed by atoms with Crippen molar-refractivity contribution in [2.75, 3.05) is 31.2 Å². The lowest BCUT2D eigenvalue weighted by atomic mass is 9.95. The highest BCUT2D eigenvalue weighted by Crippen LogP contribution is 2.46. The number of carboxylic acid groups (broad SMARTS) is 1. The van der Waals surface area contributed by atoms with Crippen LogP contribution in [-0.2, 0) is 10.9 Å². The van der Waals surface area contributed by atoms with Crippen LogP contribution in [0.3, 0.4) is 0 Å². The lowest BCUT2D eigenvalue weighted by Crippen LogP contribution is -2.45. The molecule has 7 rings (SSSR count). The maximum absolute atomic E-state index is 13.7. The minimum atomic E-state index is -4.62. The third-order valence-electron chi connectivity index (χ3n) is 7.72. The van der Waals surface area contributed by atoms with Gasteiger partial charge >= 0.3 is 12.1 Å². The van der Waals surface area contributed by atoms with Crippen molar-refractivity contribution in [3.63, 3.8) is 0 Å². The number of halogens is 3. The van der Waals surface area contributed by atoms with Crippen molar-refractivity contribution in [3.8, 4) is 17.0 Å². The molecule has 0 atom stereocenters. The summed E-state index contributed by atoms with van der Waals surface area (Å²) in [5.74, 6) is 0.242. The van der Waals surface area contributed by atoms with Crippen molar-refractivity contribution >= 4 is 28.6 Å². The van der Waals surface area contributed by atoms with Crippen molar-refractivity contribution < 1.29 is 37.1 Å². The number of aromatic nitrogens is 3. The van der Waals surface area contributed by atoms with Crippen LogP contribution in [0.4, 0.5) is 18.9 Å². The molecule has 3 aliphatic rings. The van der Waals surface area contributed by atoms with Gasteiger partial charge in [0.2, 0.25) is 0 Å². The molecule has 1 N–H and O–H groups in total. The summed E-state index contributed by atoms with van der Waals surface area (Å²) in [4.78, 5) is 21.6. The summed E-state index contributed by atoms with van der Waals surface area (Å²) < 4.78 is 57.9. The first-order valence-electron chi connectivity index (χ1n) is 13.6. The zero-order valence-electron chi connectivity index (χ0n) is 22.2. The van der Waals surface area contributed by atoms with E-state index in [9.17, 15) is 23.1 Å². The first-order valence-corrected chi connectivity index (χ1v) is 13.6. The van der Waals surface area contributed by atoms with Gasteiger partial charge in [-0.2, -0.15) is 13.2 Å². The number of anilines is 1. The van der Waals surface area contributed by atoms with E-state index in [0.29, 0.717) is 54.3 Å². The Morgan fingerprint density at radius 1 is 1.14 bits per heavy atom. The van der Waals surface area contributed by atoms with E-state index in [0.717, 1.165) is 24.7 Å². The van der Waals surface area contributed by atoms with Crippen molar-refractivity contribution in [1.82, 2.24) is 15.1 Å². The Morgan fingerprint density at radius 2 is 1.95 bits per heavy atom. The summed E-state index contributed by atoms with van der Waals surface area (Å²) in [5.41, 5.74) is 0.997. The highest BCUT2D eigenvalue weighted by Gasteiger charge is 2.38. The Bertz CT molecular complexity index is 1710. The van der Waals surface area contributed by atoms with Gasteiger partial charge in [0.15, 0.2) is 11.4 Å². The van der Waals surface area contributed by atoms with Gasteiger partial charge in [-0.05, 0) is 43.2 Å². The third-order valence-corrected chi connectivity index (χ3v) is 7.72. The molecule has 12 heteroatoms. The van der Waals surface area contributed by atoms with Crippen LogP contribution in [0.15, 0.2) is 53.2 Å². The van der Waals surface area contributed by atoms with E-state index in [4.69, 9.17) is 14.0 Å². The van der Waals surface area contributed by atoms with Crippen LogP contribution in [0.25, 0.3) is 28.2 Å². The van der Waals surface area contributed by atoms with Gasteiger partial charge in [0, 0.05) is 59.4 Å². The number of hydrogen-bond donors (Lipinski definition) is 1. The monoisotopic (exact) mass is 578 g/mol. The van der Waals surface area contributed by atoms with E-state index < -0.39 is 17.8 Å². The molecule has 0 amide bonds. The maximum Gasteiger partial charge on any atom is 0.434 e. The summed E-state index contributed by atoms with van der Waals surface area (Å²) in [7, 11) is 0. The van der Waals surface area contributed by atoms with Gasteiger partial charge in [-0.1, -0.05) is 17.3 Å². The Balaban J connectivity index is 1.12.